The molecule has 1 unspecified atom stereocenters. The van der Waals surface area contributed by atoms with Crippen LogP contribution < -0.4 is 16.3 Å². The molecular formula is C24H25ClN4O5. The van der Waals surface area contributed by atoms with Crippen molar-refractivity contribution in [3.63, 3.8) is 0 Å². The second kappa shape index (κ2) is 10.7. The predicted molar refractivity (Wildman–Crippen MR) is 129 cm³/mol. The van der Waals surface area contributed by atoms with Crippen LogP contribution >= 0.6 is 11.6 Å². The zero-order valence-electron chi connectivity index (χ0n) is 18.7. The molecular weight excluding hydrogens is 460 g/mol. The predicted octanol–water partition coefficient (Wildman–Crippen LogP) is 4.26. The van der Waals surface area contributed by atoms with Crippen molar-refractivity contribution in [2.45, 2.75) is 26.3 Å². The highest BCUT2D eigenvalue weighted by molar-refractivity contribution is 6.30. The minimum Gasteiger partial charge on any atom is -0.450 e. The first-order valence-electron chi connectivity index (χ1n) is 11.1. The molecule has 0 radical (unpaired) electrons. The maximum Gasteiger partial charge on any atom is 0.411 e. The van der Waals surface area contributed by atoms with E-state index in [1.165, 1.54) is 12.3 Å². The summed E-state index contributed by atoms with van der Waals surface area (Å²) in [7, 11) is 0. The molecule has 2 aromatic heterocycles. The molecule has 0 aliphatic carbocycles. The number of pyridine rings is 1. The molecule has 3 aromatic rings. The van der Waals surface area contributed by atoms with Crippen LogP contribution in [0.15, 0.2) is 51.8 Å². The van der Waals surface area contributed by atoms with E-state index in [0.717, 1.165) is 30.3 Å². The molecule has 1 aliphatic rings. The largest absolute Gasteiger partial charge is 0.450 e. The van der Waals surface area contributed by atoms with Gasteiger partial charge in [-0.05, 0) is 56.1 Å². The zero-order valence-corrected chi connectivity index (χ0v) is 19.4. The van der Waals surface area contributed by atoms with E-state index in [4.69, 9.17) is 20.8 Å². The number of benzene rings is 1. The molecule has 1 aliphatic heterocycles. The SMILES string of the molecule is CCOC(=O)Nc1ccc2c(CN3CCCC(C(=O)Nc4ccc(Cl)cn4)C3)cc(=O)oc2c1. The highest BCUT2D eigenvalue weighted by Crippen LogP contribution is 2.25. The van der Waals surface area contributed by atoms with Gasteiger partial charge in [-0.1, -0.05) is 11.6 Å². The average molecular weight is 485 g/mol. The maximum atomic E-state index is 12.8. The van der Waals surface area contributed by atoms with Crippen molar-refractivity contribution in [3.05, 3.63) is 63.6 Å². The molecule has 2 N–H and O–H groups in total. The molecule has 0 bridgehead atoms. The molecule has 1 aromatic carbocycles. The van der Waals surface area contributed by atoms with Gasteiger partial charge in [0.05, 0.1) is 17.5 Å². The number of rotatable bonds is 6. The Morgan fingerprint density at radius 2 is 2.09 bits per heavy atom. The molecule has 1 saturated heterocycles. The van der Waals surface area contributed by atoms with Gasteiger partial charge in [0.15, 0.2) is 0 Å². The number of amides is 2. The number of hydrogen-bond donors (Lipinski definition) is 2. The van der Waals surface area contributed by atoms with Gasteiger partial charge in [0.2, 0.25) is 5.91 Å². The normalized spacial score (nSPS) is 16.2. The van der Waals surface area contributed by atoms with Gasteiger partial charge in [-0.15, -0.1) is 0 Å². The Morgan fingerprint density at radius 3 is 2.85 bits per heavy atom. The smallest absolute Gasteiger partial charge is 0.411 e. The molecule has 10 heteroatoms. The molecule has 0 saturated carbocycles. The highest BCUT2D eigenvalue weighted by Gasteiger charge is 2.26. The number of halogens is 1. The second-order valence-electron chi connectivity index (χ2n) is 8.07. The van der Waals surface area contributed by atoms with Crippen LogP contribution in [-0.4, -0.2) is 41.6 Å². The Labute approximate surface area is 201 Å². The summed E-state index contributed by atoms with van der Waals surface area (Å²) in [6.45, 7) is 3.84. The standard InChI is InChI=1S/C24H25ClN4O5/c1-2-33-24(32)27-18-6-7-19-16(10-22(30)34-20(19)11-18)14-29-9-3-4-15(13-29)23(31)28-21-8-5-17(25)12-26-21/h5-8,10-12,15H,2-4,9,13-14H2,1H3,(H,27,32)(H,26,28,31). The molecule has 3 heterocycles. The van der Waals surface area contributed by atoms with E-state index in [9.17, 15) is 14.4 Å². The number of nitrogens with zero attached hydrogens (tertiary/aromatic N) is 2. The zero-order chi connectivity index (χ0) is 24.1. The Morgan fingerprint density at radius 1 is 1.24 bits per heavy atom. The summed E-state index contributed by atoms with van der Waals surface area (Å²) in [6.07, 6.45) is 2.55. The molecule has 2 amide bonds. The number of anilines is 2. The summed E-state index contributed by atoms with van der Waals surface area (Å²) in [5.41, 5.74) is 1.17. The van der Waals surface area contributed by atoms with Crippen molar-refractivity contribution in [2.75, 3.05) is 30.3 Å². The fourth-order valence-corrected chi connectivity index (χ4v) is 4.17. The van der Waals surface area contributed by atoms with Crippen molar-refractivity contribution in [3.8, 4) is 0 Å². The van der Waals surface area contributed by atoms with Gasteiger partial charge in [0, 0.05) is 42.5 Å². The van der Waals surface area contributed by atoms with Crippen LogP contribution in [0, 0.1) is 5.92 Å². The van der Waals surface area contributed by atoms with E-state index in [0.29, 0.717) is 35.2 Å². The van der Waals surface area contributed by atoms with Gasteiger partial charge in [0.25, 0.3) is 0 Å². The quantitative estimate of drug-likeness (QED) is 0.502. The summed E-state index contributed by atoms with van der Waals surface area (Å²) in [5.74, 6) is 0.176. The Hall–Kier alpha value is -3.43. The number of hydrogen-bond acceptors (Lipinski definition) is 7. The van der Waals surface area contributed by atoms with E-state index in [2.05, 4.69) is 20.5 Å². The maximum absolute atomic E-state index is 12.8. The van der Waals surface area contributed by atoms with Crippen LogP contribution in [0.25, 0.3) is 11.0 Å². The first-order chi connectivity index (χ1) is 16.4. The fraction of sp³-hybridized carbons (Fsp3) is 0.333. The lowest BCUT2D eigenvalue weighted by atomic mass is 9.96. The third kappa shape index (κ3) is 5.92. The summed E-state index contributed by atoms with van der Waals surface area (Å²) in [6, 6.07) is 9.95. The van der Waals surface area contributed by atoms with Gasteiger partial charge >= 0.3 is 11.7 Å². The molecule has 4 rings (SSSR count). The Kier molecular flexibility index (Phi) is 7.44. The van der Waals surface area contributed by atoms with E-state index < -0.39 is 11.7 Å². The van der Waals surface area contributed by atoms with Crippen molar-refractivity contribution < 1.29 is 18.7 Å². The lowest BCUT2D eigenvalue weighted by molar-refractivity contribution is -0.121. The molecule has 9 nitrogen and oxygen atoms in total. The molecule has 1 atom stereocenters. The number of aromatic nitrogens is 1. The van der Waals surface area contributed by atoms with E-state index >= 15 is 0 Å². The van der Waals surface area contributed by atoms with Crippen molar-refractivity contribution in [2.24, 2.45) is 5.92 Å². The van der Waals surface area contributed by atoms with Crippen LogP contribution in [0.1, 0.15) is 25.3 Å². The van der Waals surface area contributed by atoms with Crippen molar-refractivity contribution in [1.29, 1.82) is 0 Å². The average Bonchev–Trinajstić information content (AvgIpc) is 2.80. The number of likely N-dealkylation sites (tertiary alicyclic amines) is 1. The van der Waals surface area contributed by atoms with Crippen LogP contribution in [0.4, 0.5) is 16.3 Å². The summed E-state index contributed by atoms with van der Waals surface area (Å²) >= 11 is 5.85. The van der Waals surface area contributed by atoms with Crippen molar-refractivity contribution in [1.82, 2.24) is 9.88 Å². The topological polar surface area (TPSA) is 114 Å². The lowest BCUT2D eigenvalue weighted by Gasteiger charge is -2.32. The molecule has 0 spiro atoms. The van der Waals surface area contributed by atoms with Gasteiger partial charge < -0.3 is 14.5 Å². The number of fused-ring (bicyclic) bond motifs is 1. The Bertz CT molecular complexity index is 1240. The van der Waals surface area contributed by atoms with Gasteiger partial charge in [-0.3, -0.25) is 15.0 Å². The van der Waals surface area contributed by atoms with E-state index in [1.807, 2.05) is 0 Å². The third-order valence-corrected chi connectivity index (χ3v) is 5.82. The monoisotopic (exact) mass is 484 g/mol. The molecule has 178 valence electrons. The fourth-order valence-electron chi connectivity index (χ4n) is 4.06. The number of carbonyl (C=O) groups is 2. The van der Waals surface area contributed by atoms with Gasteiger partial charge in [-0.25, -0.2) is 14.6 Å². The van der Waals surface area contributed by atoms with Crippen LogP contribution in [0.2, 0.25) is 5.02 Å². The summed E-state index contributed by atoms with van der Waals surface area (Å²) in [5, 5.41) is 6.73. The minimum absolute atomic E-state index is 0.0911. The number of ether oxygens (including phenoxy) is 1. The van der Waals surface area contributed by atoms with Crippen LogP contribution in [-0.2, 0) is 16.1 Å². The van der Waals surface area contributed by atoms with Crippen molar-refractivity contribution >= 4 is 46.1 Å². The van der Waals surface area contributed by atoms with E-state index in [1.54, 1.807) is 37.3 Å². The van der Waals surface area contributed by atoms with Gasteiger partial charge in [0.1, 0.15) is 11.4 Å². The summed E-state index contributed by atoms with van der Waals surface area (Å²) < 4.78 is 10.2. The minimum atomic E-state index is -0.577. The Balaban J connectivity index is 1.46. The van der Waals surface area contributed by atoms with Crippen LogP contribution in [0.3, 0.4) is 0 Å². The lowest BCUT2D eigenvalue weighted by Crippen LogP contribution is -2.40. The number of piperidine rings is 1. The number of nitrogens with one attached hydrogen (secondary N) is 2. The van der Waals surface area contributed by atoms with Gasteiger partial charge in [-0.2, -0.15) is 0 Å². The van der Waals surface area contributed by atoms with E-state index in [-0.39, 0.29) is 18.4 Å². The molecule has 1 fully saturated rings. The first kappa shape index (κ1) is 23.7. The first-order valence-corrected chi connectivity index (χ1v) is 11.4. The second-order valence-corrected chi connectivity index (χ2v) is 8.51. The highest BCUT2D eigenvalue weighted by atomic mass is 35.5. The third-order valence-electron chi connectivity index (χ3n) is 5.60. The van der Waals surface area contributed by atoms with Crippen LogP contribution in [0.5, 0.6) is 0 Å². The number of carbonyl (C=O) groups excluding carboxylic acids is 2. The molecule has 34 heavy (non-hydrogen) atoms. The summed E-state index contributed by atoms with van der Waals surface area (Å²) in [4.78, 5) is 42.9.